The largest absolute Gasteiger partial charge is 0.497 e. The van der Waals surface area contributed by atoms with E-state index in [1.165, 1.54) is 0 Å². The van der Waals surface area contributed by atoms with Crippen molar-refractivity contribution < 1.29 is 14.1 Å². The molecule has 1 aliphatic heterocycles. The van der Waals surface area contributed by atoms with Crippen molar-refractivity contribution in [1.82, 2.24) is 19.6 Å². The molecule has 7 nitrogen and oxygen atoms in total. The average Bonchev–Trinajstić information content (AvgIpc) is 3.46. The summed E-state index contributed by atoms with van der Waals surface area (Å²) in [5.74, 6) is 2.95. The zero-order valence-electron chi connectivity index (χ0n) is 19.2. The number of carbonyl (C=O) groups is 1. The van der Waals surface area contributed by atoms with Crippen LogP contribution in [0.3, 0.4) is 0 Å². The Hall–Kier alpha value is -3.09. The van der Waals surface area contributed by atoms with Crippen molar-refractivity contribution in [2.24, 2.45) is 7.05 Å². The van der Waals surface area contributed by atoms with Crippen LogP contribution in [-0.2, 0) is 12.5 Å². The highest BCUT2D eigenvalue weighted by Crippen LogP contribution is 2.41. The molecular formula is C25H30N4O3. The molecule has 1 aliphatic carbocycles. The van der Waals surface area contributed by atoms with Gasteiger partial charge in [0.25, 0.3) is 5.91 Å². The van der Waals surface area contributed by atoms with E-state index in [9.17, 15) is 4.79 Å². The summed E-state index contributed by atoms with van der Waals surface area (Å²) >= 11 is 0. The smallest absolute Gasteiger partial charge is 0.255 e. The molecule has 3 heterocycles. The van der Waals surface area contributed by atoms with E-state index in [0.29, 0.717) is 19.0 Å². The summed E-state index contributed by atoms with van der Waals surface area (Å²) < 4.78 is 12.8. The summed E-state index contributed by atoms with van der Waals surface area (Å²) in [6, 6.07) is 9.94. The molecule has 2 aromatic heterocycles. The summed E-state index contributed by atoms with van der Waals surface area (Å²) in [5.41, 5.74) is 3.67. The summed E-state index contributed by atoms with van der Waals surface area (Å²) in [6.07, 6.45) is 3.96. The number of benzene rings is 1. The van der Waals surface area contributed by atoms with Gasteiger partial charge in [-0.1, -0.05) is 12.1 Å². The number of aromatic nitrogens is 3. The van der Waals surface area contributed by atoms with E-state index in [-0.39, 0.29) is 11.3 Å². The summed E-state index contributed by atoms with van der Waals surface area (Å²) in [6.45, 7) is 5.57. The normalized spacial score (nSPS) is 18.1. The van der Waals surface area contributed by atoms with Crippen LogP contribution in [0.25, 0.3) is 11.3 Å². The zero-order valence-corrected chi connectivity index (χ0v) is 19.2. The monoisotopic (exact) mass is 434 g/mol. The van der Waals surface area contributed by atoms with Gasteiger partial charge < -0.3 is 18.7 Å². The molecule has 0 radical (unpaired) electrons. The van der Waals surface area contributed by atoms with Crippen LogP contribution in [0.4, 0.5) is 0 Å². The predicted molar refractivity (Wildman–Crippen MR) is 121 cm³/mol. The Labute approximate surface area is 188 Å². The molecule has 1 saturated heterocycles. The lowest BCUT2D eigenvalue weighted by atomic mass is 9.79. The van der Waals surface area contributed by atoms with Gasteiger partial charge in [0, 0.05) is 42.9 Å². The molecule has 2 fully saturated rings. The number of carbonyl (C=O) groups excluding carboxylic acids is 1. The predicted octanol–water partition coefficient (Wildman–Crippen LogP) is 4.46. The fourth-order valence-corrected chi connectivity index (χ4v) is 4.53. The maximum atomic E-state index is 13.4. The maximum Gasteiger partial charge on any atom is 0.255 e. The number of amides is 1. The summed E-state index contributed by atoms with van der Waals surface area (Å²) in [4.78, 5) is 20.0. The fraction of sp³-hybridized carbons (Fsp3) is 0.480. The van der Waals surface area contributed by atoms with Crippen LogP contribution in [0.1, 0.15) is 66.3 Å². The maximum absolute atomic E-state index is 13.4. The van der Waals surface area contributed by atoms with Crippen molar-refractivity contribution in [2.45, 2.75) is 50.9 Å². The fourth-order valence-electron chi connectivity index (χ4n) is 4.53. The minimum Gasteiger partial charge on any atom is -0.497 e. The molecule has 1 saturated carbocycles. The lowest BCUT2D eigenvalue weighted by Crippen LogP contribution is -2.44. The minimum absolute atomic E-state index is 0.0895. The van der Waals surface area contributed by atoms with Crippen LogP contribution < -0.4 is 4.74 Å². The van der Waals surface area contributed by atoms with Gasteiger partial charge in [0.1, 0.15) is 5.75 Å². The van der Waals surface area contributed by atoms with Crippen LogP contribution in [0, 0.1) is 6.92 Å². The number of methoxy groups -OCH3 is 1. The topological polar surface area (TPSA) is 73.4 Å². The lowest BCUT2D eigenvalue weighted by Gasteiger charge is -2.37. The number of ether oxygens (including phenoxy) is 1. The number of hydrogen-bond donors (Lipinski definition) is 0. The standard InChI is InChI=1S/C25H30N4O3/c1-16-20(15-21(28(16)3)17-7-9-19(31-4)10-8-17)23(30)29-13-11-25(2,12-14-29)24-26-22(32-27-24)18-5-6-18/h7-10,15,18H,5-6,11-14H2,1-4H3. The second kappa shape index (κ2) is 7.80. The van der Waals surface area contributed by atoms with Crippen molar-refractivity contribution in [3.63, 3.8) is 0 Å². The third kappa shape index (κ3) is 3.59. The molecule has 1 amide bonds. The first-order chi connectivity index (χ1) is 15.4. The van der Waals surface area contributed by atoms with Gasteiger partial charge >= 0.3 is 0 Å². The molecular weight excluding hydrogens is 404 g/mol. The first kappa shape index (κ1) is 20.8. The molecule has 7 heteroatoms. The molecule has 32 heavy (non-hydrogen) atoms. The lowest BCUT2D eigenvalue weighted by molar-refractivity contribution is 0.0669. The highest BCUT2D eigenvalue weighted by atomic mass is 16.5. The van der Waals surface area contributed by atoms with Gasteiger partial charge in [0.05, 0.1) is 12.7 Å². The molecule has 1 aromatic carbocycles. The quantitative estimate of drug-likeness (QED) is 0.593. The SMILES string of the molecule is COc1ccc(-c2cc(C(=O)N3CCC(C)(c4noc(C5CC5)n4)CC3)c(C)n2C)cc1. The first-order valence-corrected chi connectivity index (χ1v) is 11.3. The second-order valence-electron chi connectivity index (χ2n) is 9.40. The molecule has 0 N–H and O–H groups in total. The third-order valence-corrected chi connectivity index (χ3v) is 7.21. The van der Waals surface area contributed by atoms with Crippen LogP contribution in [0.5, 0.6) is 5.75 Å². The van der Waals surface area contributed by atoms with Gasteiger partial charge in [-0.3, -0.25) is 4.79 Å². The van der Waals surface area contributed by atoms with E-state index in [1.807, 2.05) is 49.2 Å². The minimum atomic E-state index is -0.145. The number of piperidine rings is 1. The van der Waals surface area contributed by atoms with Gasteiger partial charge in [-0.25, -0.2) is 0 Å². The van der Waals surface area contributed by atoms with Crippen LogP contribution in [-0.4, -0.2) is 45.7 Å². The van der Waals surface area contributed by atoms with Crippen molar-refractivity contribution in [3.8, 4) is 17.0 Å². The van der Waals surface area contributed by atoms with Crippen LogP contribution >= 0.6 is 0 Å². The summed E-state index contributed by atoms with van der Waals surface area (Å²) in [5, 5.41) is 4.27. The molecule has 3 aromatic rings. The first-order valence-electron chi connectivity index (χ1n) is 11.3. The number of nitrogens with zero attached hydrogens (tertiary/aromatic N) is 4. The van der Waals surface area contributed by atoms with E-state index in [0.717, 1.165) is 65.7 Å². The third-order valence-electron chi connectivity index (χ3n) is 7.21. The Morgan fingerprint density at radius 3 is 2.50 bits per heavy atom. The Balaban J connectivity index is 1.31. The average molecular weight is 435 g/mol. The molecule has 0 atom stereocenters. The van der Waals surface area contributed by atoms with Crippen molar-refractivity contribution in [3.05, 3.63) is 53.3 Å². The zero-order chi connectivity index (χ0) is 22.5. The molecule has 0 spiro atoms. The summed E-state index contributed by atoms with van der Waals surface area (Å²) in [7, 11) is 3.67. The molecule has 5 rings (SSSR count). The Morgan fingerprint density at radius 2 is 1.88 bits per heavy atom. The van der Waals surface area contributed by atoms with Gasteiger partial charge in [0.2, 0.25) is 5.89 Å². The number of likely N-dealkylation sites (tertiary alicyclic amines) is 1. The van der Waals surface area contributed by atoms with E-state index in [4.69, 9.17) is 9.26 Å². The van der Waals surface area contributed by atoms with Crippen LogP contribution in [0.2, 0.25) is 0 Å². The molecule has 168 valence electrons. The number of hydrogen-bond acceptors (Lipinski definition) is 5. The van der Waals surface area contributed by atoms with Gasteiger partial charge in [-0.2, -0.15) is 4.98 Å². The highest BCUT2D eigenvalue weighted by molar-refractivity contribution is 5.97. The Kier molecular flexibility index (Phi) is 5.07. The van der Waals surface area contributed by atoms with Crippen LogP contribution in [0.15, 0.2) is 34.9 Å². The van der Waals surface area contributed by atoms with E-state index in [2.05, 4.69) is 21.6 Å². The van der Waals surface area contributed by atoms with Crippen molar-refractivity contribution in [1.29, 1.82) is 0 Å². The molecule has 0 unspecified atom stereocenters. The molecule has 0 bridgehead atoms. The van der Waals surface area contributed by atoms with E-state index < -0.39 is 0 Å². The van der Waals surface area contributed by atoms with Gasteiger partial charge in [0.15, 0.2) is 5.82 Å². The van der Waals surface area contributed by atoms with Crippen molar-refractivity contribution in [2.75, 3.05) is 20.2 Å². The van der Waals surface area contributed by atoms with E-state index >= 15 is 0 Å². The second-order valence-corrected chi connectivity index (χ2v) is 9.40. The van der Waals surface area contributed by atoms with Crippen molar-refractivity contribution >= 4 is 5.91 Å². The van der Waals surface area contributed by atoms with Gasteiger partial charge in [-0.15, -0.1) is 0 Å². The molecule has 2 aliphatic rings. The Bertz CT molecular complexity index is 1130. The highest BCUT2D eigenvalue weighted by Gasteiger charge is 2.39. The van der Waals surface area contributed by atoms with Gasteiger partial charge in [-0.05, 0) is 68.5 Å². The number of rotatable bonds is 5. The Morgan fingerprint density at radius 1 is 1.19 bits per heavy atom. The van der Waals surface area contributed by atoms with E-state index in [1.54, 1.807) is 7.11 Å².